The van der Waals surface area contributed by atoms with Gasteiger partial charge in [0.1, 0.15) is 43.2 Å². The number of aliphatic hydroxyl groups excluding tert-OH is 2. The summed E-state index contributed by atoms with van der Waals surface area (Å²) >= 11 is 17.6. The van der Waals surface area contributed by atoms with Crippen LogP contribution in [-0.4, -0.2) is 235 Å². The van der Waals surface area contributed by atoms with E-state index < -0.39 is 225 Å². The molecule has 0 bridgehead atoms. The van der Waals surface area contributed by atoms with Gasteiger partial charge in [0.2, 0.25) is 18.3 Å². The van der Waals surface area contributed by atoms with Crippen molar-refractivity contribution >= 4 is 106 Å². The second-order valence-electron chi connectivity index (χ2n) is 18.6. The number of nitrogens with one attached hydrogen (secondary N) is 1. The fraction of sp³-hybridized carbons (Fsp3) is 0.750. The average molecular weight is 1270 g/mol. The molecule has 0 aromatic carbocycles. The first-order chi connectivity index (χ1) is 39.1. The first-order valence-corrected chi connectivity index (χ1v) is 26.2. The van der Waals surface area contributed by atoms with Crippen molar-refractivity contribution in [2.75, 3.05) is 26.4 Å². The summed E-state index contributed by atoms with van der Waals surface area (Å²) in [6.45, 7) is 7.03. The monoisotopic (exact) mass is 1270 g/mol. The van der Waals surface area contributed by atoms with Crippen LogP contribution in [-0.2, 0) is 143 Å². The largest absolute Gasteiger partial charge is 0.463 e. The fourth-order valence-electron chi connectivity index (χ4n) is 8.79. The number of carbonyl (C=O) groups excluding carboxylic acids is 11. The van der Waals surface area contributed by atoms with E-state index in [1.165, 1.54) is 0 Å². The third kappa shape index (κ3) is 20.7. The van der Waals surface area contributed by atoms with Crippen molar-refractivity contribution in [3.05, 3.63) is 0 Å². The number of hydrogen-bond acceptors (Lipinski definition) is 33. The summed E-state index contributed by atoms with van der Waals surface area (Å²) in [6, 6.07) is 0. The Hall–Kier alpha value is -5.85. The molecule has 0 saturated carbocycles. The Labute approximate surface area is 492 Å². The molecule has 84 heavy (non-hydrogen) atoms. The molecule has 0 aliphatic carbocycles. The van der Waals surface area contributed by atoms with Gasteiger partial charge in [0.25, 0.3) is 3.79 Å². The Bertz CT molecular complexity index is 2410. The lowest BCUT2D eigenvalue weighted by atomic mass is 9.96. The van der Waals surface area contributed by atoms with Gasteiger partial charge in [0.05, 0.1) is 19.8 Å². The highest BCUT2D eigenvalue weighted by Gasteiger charge is 2.58. The summed E-state index contributed by atoms with van der Waals surface area (Å²) in [6.07, 6.45) is -37.1. The van der Waals surface area contributed by atoms with E-state index in [1.54, 1.807) is 0 Å². The van der Waals surface area contributed by atoms with Gasteiger partial charge in [-0.2, -0.15) is 0 Å². The molecule has 4 heterocycles. The highest BCUT2D eigenvalue weighted by atomic mass is 35.6. The van der Waals surface area contributed by atoms with Crippen molar-refractivity contribution in [3.8, 4) is 0 Å². The summed E-state index contributed by atoms with van der Waals surface area (Å²) in [4.78, 5) is 137. The smallest absolute Gasteiger partial charge is 0.303 e. The van der Waals surface area contributed by atoms with E-state index in [2.05, 4.69) is 0 Å². The van der Waals surface area contributed by atoms with Crippen LogP contribution in [0.15, 0.2) is 0 Å². The Kier molecular flexibility index (Phi) is 26.5. The lowest BCUT2D eigenvalue weighted by molar-refractivity contribution is -0.348. The Balaban J connectivity index is 1.79. The van der Waals surface area contributed by atoms with E-state index in [0.717, 1.165) is 76.2 Å². The Morgan fingerprint density at radius 1 is 0.333 bits per heavy atom. The zero-order valence-corrected chi connectivity index (χ0v) is 48.9. The van der Waals surface area contributed by atoms with Crippen LogP contribution in [0.5, 0.6) is 0 Å². The van der Waals surface area contributed by atoms with Crippen LogP contribution in [0.1, 0.15) is 76.2 Å². The van der Waals surface area contributed by atoms with E-state index >= 15 is 0 Å². The number of aliphatic hydroxyl groups is 2. The maximum Gasteiger partial charge on any atom is 0.303 e. The average Bonchev–Trinajstić information content (AvgIpc) is 1.21. The second kappa shape index (κ2) is 31.5. The summed E-state index contributed by atoms with van der Waals surface area (Å²) in [7, 11) is 0. The van der Waals surface area contributed by atoms with Gasteiger partial charge in [-0.1, -0.05) is 34.8 Å². The first-order valence-electron chi connectivity index (χ1n) is 25.1. The molecule has 33 nitrogen and oxygen atoms in total. The summed E-state index contributed by atoms with van der Waals surface area (Å²) in [5, 5.41) is 31.5. The van der Waals surface area contributed by atoms with Gasteiger partial charge in [-0.05, 0) is 0 Å². The number of rotatable bonds is 22. The van der Waals surface area contributed by atoms with E-state index in [-0.39, 0.29) is 0 Å². The minimum atomic E-state index is -2.57. The molecule has 4 saturated heterocycles. The standard InChI is InChI=1S/C48H64Cl3NO32/c1-16(53)66-12-27-33(70-17(2)54)31(64)37(74-21(6)58)43(80-27)67-14-29-35(72-19(4)56)39(76-23(8)60)41(78-25(10)62)45(82-29)69-13-28-34(71-18(3)55)32(65)38(75-22(7)59)44(81-28)68-15-30-36(73-20(5)57)40(77-24(9)61)42(79-26(11)63)46(83-30)84-47(52)48(49,50)51/h27-46,52,64-65H,12-15H2,1-11H3/t27-,28-,29-,30-,31+,32+,33-,34-,35-,36-,37-,38-,39+,40+,41-,42-,43-,44-,45-,46?/m1/s1. The number of alkyl halides is 3. The number of hydrogen-bond donors (Lipinski definition) is 3. The third-order valence-corrected chi connectivity index (χ3v) is 12.2. The molecule has 1 unspecified atom stereocenters. The number of esters is 11. The van der Waals surface area contributed by atoms with Gasteiger partial charge < -0.3 is 100 Å². The molecular weight excluding hydrogens is 1210 g/mol. The summed E-state index contributed by atoms with van der Waals surface area (Å²) in [5.74, 6) is -12.2. The zero-order valence-electron chi connectivity index (χ0n) is 46.7. The van der Waals surface area contributed by atoms with Crippen LogP contribution in [0.4, 0.5) is 0 Å². The molecule has 474 valence electrons. The molecule has 4 aliphatic rings. The van der Waals surface area contributed by atoms with E-state index in [9.17, 15) is 63.0 Å². The van der Waals surface area contributed by atoms with Crippen molar-refractivity contribution in [2.45, 2.75) is 203 Å². The molecule has 0 aromatic rings. The quantitative estimate of drug-likeness (QED) is 0.0381. The fourth-order valence-corrected chi connectivity index (χ4v) is 8.93. The summed E-state index contributed by atoms with van der Waals surface area (Å²) < 4.78 is 105. The zero-order chi connectivity index (χ0) is 63.2. The van der Waals surface area contributed by atoms with Crippen molar-refractivity contribution < 1.29 is 153 Å². The predicted octanol–water partition coefficient (Wildman–Crippen LogP) is -1.10. The molecule has 3 N–H and O–H groups in total. The molecule has 4 rings (SSSR count). The number of ether oxygens (including phenoxy) is 19. The van der Waals surface area contributed by atoms with Crippen molar-refractivity contribution in [1.29, 1.82) is 5.41 Å². The normalized spacial score (nSPS) is 33.0. The third-order valence-electron chi connectivity index (χ3n) is 11.7. The van der Waals surface area contributed by atoms with Gasteiger partial charge in [-0.15, -0.1) is 0 Å². The van der Waals surface area contributed by atoms with Gasteiger partial charge in [-0.3, -0.25) is 58.1 Å². The van der Waals surface area contributed by atoms with Crippen LogP contribution in [0.3, 0.4) is 0 Å². The van der Waals surface area contributed by atoms with Gasteiger partial charge in [0.15, 0.2) is 73.8 Å². The molecule has 0 amide bonds. The highest BCUT2D eigenvalue weighted by molar-refractivity contribution is 6.76. The molecule has 4 fully saturated rings. The van der Waals surface area contributed by atoms with E-state index in [0.29, 0.717) is 0 Å². The van der Waals surface area contributed by atoms with Crippen LogP contribution in [0, 0.1) is 5.41 Å². The lowest BCUT2D eigenvalue weighted by Gasteiger charge is -2.47. The topological polar surface area (TPSA) is 427 Å². The number of halogens is 3. The molecule has 0 radical (unpaired) electrons. The Morgan fingerprint density at radius 3 is 0.881 bits per heavy atom. The molecule has 20 atom stereocenters. The van der Waals surface area contributed by atoms with Crippen LogP contribution >= 0.6 is 34.8 Å². The highest BCUT2D eigenvalue weighted by Crippen LogP contribution is 2.37. The molecular formula is C48H64Cl3NO32. The molecule has 4 aliphatic heterocycles. The van der Waals surface area contributed by atoms with Crippen LogP contribution in [0.2, 0.25) is 0 Å². The SMILES string of the molecule is CC(=O)OC[C@H]1O[C@@H](OC[C@H]2O[C@@H](OC[C@H]3O[C@@H](OC[C@H]4OC(OC(=N)C(Cl)(Cl)Cl)[C@H](OC(C)=O)[C@@H](OC(C)=O)[C@@H]4OC(C)=O)[C@H](OC(C)=O)[C@@H](O)[C@@H]3OC(C)=O)[C@H](OC(C)=O)[C@@H](OC(C)=O)[C@@H]2OC(C)=O)[C@H](OC(C)=O)[C@@H](O)[C@@H]1OC(C)=O. The molecule has 0 aromatic heterocycles. The van der Waals surface area contributed by atoms with E-state index in [1.807, 2.05) is 0 Å². The minimum absolute atomic E-state index is 0.652. The predicted molar refractivity (Wildman–Crippen MR) is 266 cm³/mol. The van der Waals surface area contributed by atoms with E-state index in [4.69, 9.17) is 130 Å². The lowest BCUT2D eigenvalue weighted by Crippen LogP contribution is -2.65. The second-order valence-corrected chi connectivity index (χ2v) is 20.9. The van der Waals surface area contributed by atoms with Crippen molar-refractivity contribution in [2.24, 2.45) is 0 Å². The maximum atomic E-state index is 12.8. The molecule has 0 spiro atoms. The van der Waals surface area contributed by atoms with Crippen molar-refractivity contribution in [1.82, 2.24) is 0 Å². The first kappa shape index (κ1) is 70.6. The van der Waals surface area contributed by atoms with Crippen molar-refractivity contribution in [3.63, 3.8) is 0 Å². The van der Waals surface area contributed by atoms with Crippen LogP contribution < -0.4 is 0 Å². The summed E-state index contributed by atoms with van der Waals surface area (Å²) in [5.41, 5.74) is 0. The maximum absolute atomic E-state index is 12.8. The number of carbonyl (C=O) groups is 11. The van der Waals surface area contributed by atoms with Gasteiger partial charge >= 0.3 is 65.7 Å². The molecule has 36 heteroatoms. The van der Waals surface area contributed by atoms with Gasteiger partial charge in [-0.25, -0.2) is 0 Å². The Morgan fingerprint density at radius 2 is 0.571 bits per heavy atom. The van der Waals surface area contributed by atoms with Crippen LogP contribution in [0.25, 0.3) is 0 Å². The minimum Gasteiger partial charge on any atom is -0.463 e. The van der Waals surface area contributed by atoms with Gasteiger partial charge in [0, 0.05) is 76.2 Å².